The molecule has 1 aliphatic carbocycles. The number of halogens is 1. The normalized spacial score (nSPS) is 28.5. The summed E-state index contributed by atoms with van der Waals surface area (Å²) in [4.78, 5) is 0. The topological polar surface area (TPSA) is 63.4 Å². The molecule has 2 N–H and O–H groups in total. The third kappa shape index (κ3) is 4.09. The minimum atomic E-state index is -3.01. The predicted molar refractivity (Wildman–Crippen MR) is 71.7 cm³/mol. The number of hydrogen-bond acceptors (Lipinski definition) is 3. The van der Waals surface area contributed by atoms with E-state index in [-0.39, 0.29) is 18.4 Å². The second-order valence-electron chi connectivity index (χ2n) is 5.34. The molecule has 2 aliphatic rings. The van der Waals surface area contributed by atoms with E-state index in [9.17, 15) is 8.42 Å². The van der Waals surface area contributed by atoms with Gasteiger partial charge >= 0.3 is 0 Å². The van der Waals surface area contributed by atoms with Crippen molar-refractivity contribution in [1.29, 1.82) is 0 Å². The van der Waals surface area contributed by atoms with Crippen molar-refractivity contribution in [2.45, 2.75) is 38.6 Å². The van der Waals surface area contributed by atoms with Crippen LogP contribution in [0.4, 0.5) is 0 Å². The number of hydrogen-bond donors (Lipinski definition) is 1. The summed E-state index contributed by atoms with van der Waals surface area (Å²) in [6.45, 7) is 3.30. The molecule has 1 aliphatic heterocycles. The van der Waals surface area contributed by atoms with Crippen LogP contribution in [0.5, 0.6) is 0 Å². The van der Waals surface area contributed by atoms with E-state index in [4.69, 9.17) is 5.73 Å². The minimum absolute atomic E-state index is 0. The average molecular weight is 283 g/mol. The van der Waals surface area contributed by atoms with Crippen LogP contribution in [0.25, 0.3) is 0 Å². The smallest absolute Gasteiger partial charge is 0.214 e. The van der Waals surface area contributed by atoms with Gasteiger partial charge in [-0.2, -0.15) is 0 Å². The Morgan fingerprint density at radius 1 is 1.35 bits per heavy atom. The molecule has 2 unspecified atom stereocenters. The Morgan fingerprint density at radius 2 is 2.00 bits per heavy atom. The van der Waals surface area contributed by atoms with Crippen molar-refractivity contribution in [3.63, 3.8) is 0 Å². The second kappa shape index (κ2) is 5.87. The van der Waals surface area contributed by atoms with Gasteiger partial charge in [-0.25, -0.2) is 12.7 Å². The first-order valence-electron chi connectivity index (χ1n) is 6.22. The monoisotopic (exact) mass is 282 g/mol. The van der Waals surface area contributed by atoms with Gasteiger partial charge in [0.2, 0.25) is 10.0 Å². The van der Waals surface area contributed by atoms with E-state index in [0.717, 1.165) is 25.7 Å². The molecular weight excluding hydrogens is 260 g/mol. The largest absolute Gasteiger partial charge is 0.328 e. The summed E-state index contributed by atoms with van der Waals surface area (Å²) in [6.07, 6.45) is 4.19. The van der Waals surface area contributed by atoms with E-state index < -0.39 is 10.0 Å². The molecule has 0 aromatic carbocycles. The van der Waals surface area contributed by atoms with Crippen molar-refractivity contribution in [2.75, 3.05) is 18.8 Å². The summed E-state index contributed by atoms with van der Waals surface area (Å²) >= 11 is 0. The van der Waals surface area contributed by atoms with Gasteiger partial charge < -0.3 is 5.73 Å². The van der Waals surface area contributed by atoms with Crippen LogP contribution in [0.15, 0.2) is 0 Å². The quantitative estimate of drug-likeness (QED) is 0.843. The highest BCUT2D eigenvalue weighted by atomic mass is 35.5. The Balaban J connectivity index is 0.00000144. The maximum atomic E-state index is 12.1. The van der Waals surface area contributed by atoms with Gasteiger partial charge in [-0.15, -0.1) is 12.4 Å². The maximum Gasteiger partial charge on any atom is 0.214 e. The van der Waals surface area contributed by atoms with Crippen LogP contribution in [0.1, 0.15) is 32.6 Å². The van der Waals surface area contributed by atoms with Gasteiger partial charge in [0.1, 0.15) is 0 Å². The fraction of sp³-hybridized carbons (Fsp3) is 1.00. The van der Waals surface area contributed by atoms with Crippen molar-refractivity contribution in [3.8, 4) is 0 Å². The highest BCUT2D eigenvalue weighted by molar-refractivity contribution is 7.89. The van der Waals surface area contributed by atoms with Gasteiger partial charge in [-0.3, -0.25) is 0 Å². The van der Waals surface area contributed by atoms with Crippen LogP contribution >= 0.6 is 12.4 Å². The molecule has 1 saturated heterocycles. The molecule has 0 radical (unpaired) electrons. The zero-order valence-electron chi connectivity index (χ0n) is 10.3. The zero-order chi connectivity index (χ0) is 11.8. The maximum absolute atomic E-state index is 12.1. The lowest BCUT2D eigenvalue weighted by molar-refractivity contribution is 0.243. The van der Waals surface area contributed by atoms with Crippen molar-refractivity contribution >= 4 is 22.4 Å². The van der Waals surface area contributed by atoms with Crippen LogP contribution in [-0.4, -0.2) is 37.6 Å². The molecule has 17 heavy (non-hydrogen) atoms. The van der Waals surface area contributed by atoms with E-state index in [1.165, 1.54) is 0 Å². The highest BCUT2D eigenvalue weighted by Gasteiger charge is 2.35. The van der Waals surface area contributed by atoms with E-state index in [2.05, 4.69) is 0 Å². The van der Waals surface area contributed by atoms with Crippen LogP contribution in [-0.2, 0) is 10.0 Å². The molecule has 0 aromatic rings. The molecule has 0 amide bonds. The number of sulfonamides is 1. The second-order valence-corrected chi connectivity index (χ2v) is 7.35. The third-order valence-electron chi connectivity index (χ3n) is 3.70. The van der Waals surface area contributed by atoms with E-state index in [1.54, 1.807) is 4.31 Å². The molecule has 102 valence electrons. The van der Waals surface area contributed by atoms with Gasteiger partial charge in [0.15, 0.2) is 0 Å². The summed E-state index contributed by atoms with van der Waals surface area (Å²) < 4.78 is 25.8. The number of rotatable bonds is 4. The molecule has 6 heteroatoms. The average Bonchev–Trinajstić information content (AvgIpc) is 3.01. The Morgan fingerprint density at radius 3 is 2.53 bits per heavy atom. The highest BCUT2D eigenvalue weighted by Crippen LogP contribution is 2.32. The predicted octanol–water partition coefficient (Wildman–Crippen LogP) is 1.21. The van der Waals surface area contributed by atoms with Crippen molar-refractivity contribution in [2.24, 2.45) is 17.6 Å². The van der Waals surface area contributed by atoms with Gasteiger partial charge in [0, 0.05) is 19.1 Å². The molecule has 2 fully saturated rings. The van der Waals surface area contributed by atoms with Crippen molar-refractivity contribution < 1.29 is 8.42 Å². The first kappa shape index (κ1) is 15.2. The molecule has 2 atom stereocenters. The van der Waals surface area contributed by atoms with Crippen LogP contribution in [0.3, 0.4) is 0 Å². The molecule has 0 spiro atoms. The summed E-state index contributed by atoms with van der Waals surface area (Å²) in [6, 6.07) is 0.0962. The third-order valence-corrected chi connectivity index (χ3v) is 5.71. The fourth-order valence-electron chi connectivity index (χ4n) is 2.34. The van der Waals surface area contributed by atoms with E-state index in [1.807, 2.05) is 6.92 Å². The van der Waals surface area contributed by atoms with Gasteiger partial charge in [0.25, 0.3) is 0 Å². The molecule has 4 nitrogen and oxygen atoms in total. The SMILES string of the molecule is CC(N)C1CCCN(S(=O)(=O)CC2CC2)C1.Cl. The van der Waals surface area contributed by atoms with Crippen LogP contribution in [0, 0.1) is 11.8 Å². The summed E-state index contributed by atoms with van der Waals surface area (Å²) in [5.74, 6) is 1.13. The Kier molecular flexibility index (Phi) is 5.25. The minimum Gasteiger partial charge on any atom is -0.328 e. The Hall–Kier alpha value is 0.160. The number of nitrogens with two attached hydrogens (primary N) is 1. The van der Waals surface area contributed by atoms with Crippen LogP contribution < -0.4 is 5.73 Å². The molecule has 1 heterocycles. The van der Waals surface area contributed by atoms with Gasteiger partial charge in [0.05, 0.1) is 5.75 Å². The summed E-state index contributed by atoms with van der Waals surface area (Å²) in [5.41, 5.74) is 5.86. The summed E-state index contributed by atoms with van der Waals surface area (Å²) in [5, 5.41) is 0. The standard InChI is InChI=1S/C11H22N2O2S.ClH/c1-9(12)11-3-2-6-13(7-11)16(14,15)8-10-4-5-10;/h9-11H,2-8,12H2,1H3;1H. The van der Waals surface area contributed by atoms with Gasteiger partial charge in [-0.1, -0.05) is 0 Å². The lowest BCUT2D eigenvalue weighted by Crippen LogP contribution is -2.45. The van der Waals surface area contributed by atoms with E-state index in [0.29, 0.717) is 30.7 Å². The number of nitrogens with zero attached hydrogens (tertiary/aromatic N) is 1. The molecule has 2 rings (SSSR count). The fourth-order valence-corrected chi connectivity index (χ4v) is 4.31. The van der Waals surface area contributed by atoms with Crippen LogP contribution in [0.2, 0.25) is 0 Å². The molecular formula is C11H23ClN2O2S. The molecule has 0 aromatic heterocycles. The van der Waals surface area contributed by atoms with E-state index >= 15 is 0 Å². The molecule has 1 saturated carbocycles. The Bertz CT molecular complexity index is 341. The lowest BCUT2D eigenvalue weighted by atomic mass is 9.93. The summed E-state index contributed by atoms with van der Waals surface area (Å²) in [7, 11) is -3.01. The first-order valence-corrected chi connectivity index (χ1v) is 7.83. The lowest BCUT2D eigenvalue weighted by Gasteiger charge is -2.33. The first-order chi connectivity index (χ1) is 7.49. The number of piperidine rings is 1. The Labute approximate surface area is 110 Å². The molecule has 0 bridgehead atoms. The van der Waals surface area contributed by atoms with Crippen molar-refractivity contribution in [1.82, 2.24) is 4.31 Å². The zero-order valence-corrected chi connectivity index (χ0v) is 12.0. The van der Waals surface area contributed by atoms with Crippen molar-refractivity contribution in [3.05, 3.63) is 0 Å². The van der Waals surface area contributed by atoms with Gasteiger partial charge in [-0.05, 0) is 44.4 Å².